The van der Waals surface area contributed by atoms with Gasteiger partial charge in [-0.3, -0.25) is 25.2 Å². The van der Waals surface area contributed by atoms with E-state index in [0.717, 1.165) is 0 Å². The van der Waals surface area contributed by atoms with Crippen molar-refractivity contribution in [3.63, 3.8) is 0 Å². The molecule has 9 heteroatoms. The molecule has 146 valence electrons. The number of benzene rings is 2. The molecule has 0 unspecified atom stereocenters. The lowest BCUT2D eigenvalue weighted by Crippen LogP contribution is -2.49. The van der Waals surface area contributed by atoms with E-state index in [4.69, 9.17) is 9.47 Å². The lowest BCUT2D eigenvalue weighted by Gasteiger charge is -2.25. The topological polar surface area (TPSA) is 106 Å². The minimum Gasteiger partial charge on any atom is -0.478 e. The first kappa shape index (κ1) is 19.2. The minimum absolute atomic E-state index is 0.0811. The first-order valence-electron chi connectivity index (χ1n) is 8.50. The fourth-order valence-electron chi connectivity index (χ4n) is 2.46. The molecular weight excluding hydrogens is 369 g/mol. The van der Waals surface area contributed by atoms with Crippen molar-refractivity contribution in [1.82, 2.24) is 10.9 Å². The van der Waals surface area contributed by atoms with Gasteiger partial charge in [0.1, 0.15) is 5.75 Å². The highest BCUT2D eigenvalue weighted by atomic mass is 19.1. The first-order valence-corrected chi connectivity index (χ1v) is 8.50. The zero-order chi connectivity index (χ0) is 20.1. The van der Waals surface area contributed by atoms with Crippen molar-refractivity contribution in [2.24, 2.45) is 0 Å². The van der Waals surface area contributed by atoms with Gasteiger partial charge in [-0.2, -0.15) is 0 Å². The van der Waals surface area contributed by atoms with Gasteiger partial charge in [0.2, 0.25) is 5.91 Å². The van der Waals surface area contributed by atoms with Crippen LogP contribution in [0.1, 0.15) is 13.3 Å². The second-order valence-corrected chi connectivity index (χ2v) is 6.02. The number of rotatable bonds is 5. The number of hydrogen-bond acceptors (Lipinski definition) is 5. The van der Waals surface area contributed by atoms with Crippen molar-refractivity contribution in [2.45, 2.75) is 25.6 Å². The second kappa shape index (κ2) is 8.38. The van der Waals surface area contributed by atoms with Crippen LogP contribution in [0.4, 0.5) is 10.1 Å². The summed E-state index contributed by atoms with van der Waals surface area (Å²) in [4.78, 5) is 36.0. The van der Waals surface area contributed by atoms with Crippen molar-refractivity contribution >= 4 is 23.4 Å². The molecule has 0 aromatic heterocycles. The van der Waals surface area contributed by atoms with Gasteiger partial charge >= 0.3 is 0 Å². The zero-order valence-electron chi connectivity index (χ0n) is 14.9. The highest BCUT2D eigenvalue weighted by Gasteiger charge is 2.29. The van der Waals surface area contributed by atoms with Crippen molar-refractivity contribution in [1.29, 1.82) is 0 Å². The predicted octanol–water partition coefficient (Wildman–Crippen LogP) is 1.53. The number of amides is 3. The Kier molecular flexibility index (Phi) is 5.73. The van der Waals surface area contributed by atoms with Crippen molar-refractivity contribution in [2.75, 3.05) is 5.32 Å². The van der Waals surface area contributed by atoms with Gasteiger partial charge in [0.15, 0.2) is 23.8 Å². The van der Waals surface area contributed by atoms with Crippen LogP contribution in [-0.2, 0) is 14.4 Å². The van der Waals surface area contributed by atoms with E-state index in [1.807, 2.05) is 0 Å². The Hall–Kier alpha value is -3.62. The maximum absolute atomic E-state index is 13.6. The molecule has 3 rings (SSSR count). The SMILES string of the molecule is C[C@H](Oc1ccccc1F)C(=O)NNC(=O)C[C@H]1Oc2ccccc2NC1=O. The van der Waals surface area contributed by atoms with E-state index in [2.05, 4.69) is 16.2 Å². The summed E-state index contributed by atoms with van der Waals surface area (Å²) in [6, 6.07) is 12.5. The molecule has 2 aromatic rings. The van der Waals surface area contributed by atoms with Gasteiger partial charge in [0, 0.05) is 0 Å². The molecule has 0 bridgehead atoms. The lowest BCUT2D eigenvalue weighted by molar-refractivity contribution is -0.135. The van der Waals surface area contributed by atoms with Crippen LogP contribution in [0.3, 0.4) is 0 Å². The normalized spacial score (nSPS) is 16.1. The molecule has 0 spiro atoms. The van der Waals surface area contributed by atoms with E-state index >= 15 is 0 Å². The number of para-hydroxylation sites is 3. The lowest BCUT2D eigenvalue weighted by atomic mass is 10.1. The molecule has 1 aliphatic heterocycles. The molecule has 0 saturated carbocycles. The Balaban J connectivity index is 1.48. The summed E-state index contributed by atoms with van der Waals surface area (Å²) in [5.41, 5.74) is 4.88. The van der Waals surface area contributed by atoms with Crippen LogP contribution in [0, 0.1) is 5.82 Å². The molecule has 0 fully saturated rings. The highest BCUT2D eigenvalue weighted by Crippen LogP contribution is 2.29. The number of nitrogens with one attached hydrogen (secondary N) is 3. The molecule has 28 heavy (non-hydrogen) atoms. The Morgan fingerprint density at radius 1 is 1.18 bits per heavy atom. The Morgan fingerprint density at radius 2 is 1.89 bits per heavy atom. The molecule has 2 aromatic carbocycles. The van der Waals surface area contributed by atoms with Crippen LogP contribution in [0.25, 0.3) is 0 Å². The third-order valence-electron chi connectivity index (χ3n) is 3.91. The van der Waals surface area contributed by atoms with Crippen molar-refractivity contribution < 1.29 is 28.2 Å². The smallest absolute Gasteiger partial charge is 0.279 e. The standard InChI is InChI=1S/C19H18FN3O5/c1-11(27-14-8-4-2-6-12(14)20)18(25)23-22-17(24)10-16-19(26)21-13-7-3-5-9-15(13)28-16/h2-9,11,16H,10H2,1H3,(H,21,26)(H,22,24)(H,23,25)/t11-,16+/m0/s1. The Labute approximate surface area is 160 Å². The highest BCUT2D eigenvalue weighted by molar-refractivity contribution is 6.00. The molecule has 1 heterocycles. The minimum atomic E-state index is -1.06. The van der Waals surface area contributed by atoms with Gasteiger partial charge in [-0.25, -0.2) is 4.39 Å². The summed E-state index contributed by atoms with van der Waals surface area (Å²) in [5, 5.41) is 2.64. The van der Waals surface area contributed by atoms with Crippen LogP contribution in [0.5, 0.6) is 11.5 Å². The summed E-state index contributed by atoms with van der Waals surface area (Å²) >= 11 is 0. The van der Waals surface area contributed by atoms with Crippen LogP contribution in [0.2, 0.25) is 0 Å². The van der Waals surface area contributed by atoms with Gasteiger partial charge in [0.05, 0.1) is 12.1 Å². The summed E-state index contributed by atoms with van der Waals surface area (Å²) in [7, 11) is 0. The van der Waals surface area contributed by atoms with E-state index in [0.29, 0.717) is 11.4 Å². The maximum atomic E-state index is 13.6. The number of hydrazine groups is 1. The molecular formula is C19H18FN3O5. The molecule has 2 atom stereocenters. The van der Waals surface area contributed by atoms with Crippen LogP contribution < -0.4 is 25.6 Å². The van der Waals surface area contributed by atoms with Crippen LogP contribution >= 0.6 is 0 Å². The monoisotopic (exact) mass is 387 g/mol. The quantitative estimate of drug-likeness (QED) is 0.675. The van der Waals surface area contributed by atoms with Gasteiger partial charge in [-0.1, -0.05) is 24.3 Å². The Bertz CT molecular complexity index is 905. The Morgan fingerprint density at radius 3 is 2.68 bits per heavy atom. The van der Waals surface area contributed by atoms with Crippen LogP contribution in [0.15, 0.2) is 48.5 Å². The average molecular weight is 387 g/mol. The van der Waals surface area contributed by atoms with E-state index in [1.165, 1.54) is 25.1 Å². The molecule has 8 nitrogen and oxygen atoms in total. The van der Waals surface area contributed by atoms with E-state index < -0.39 is 35.7 Å². The van der Waals surface area contributed by atoms with Crippen molar-refractivity contribution in [3.05, 3.63) is 54.3 Å². The second-order valence-electron chi connectivity index (χ2n) is 6.02. The van der Waals surface area contributed by atoms with E-state index in [1.54, 1.807) is 30.3 Å². The molecule has 0 aliphatic carbocycles. The zero-order valence-corrected chi connectivity index (χ0v) is 14.9. The van der Waals surface area contributed by atoms with E-state index in [-0.39, 0.29) is 12.2 Å². The molecule has 1 aliphatic rings. The number of carbonyl (C=O) groups excluding carboxylic acids is 3. The fourth-order valence-corrected chi connectivity index (χ4v) is 2.46. The summed E-state index contributed by atoms with van der Waals surface area (Å²) in [5.74, 6) is -2.01. The molecule has 0 saturated heterocycles. The number of halogens is 1. The van der Waals surface area contributed by atoms with Gasteiger partial charge < -0.3 is 14.8 Å². The third kappa shape index (κ3) is 4.56. The molecule has 0 radical (unpaired) electrons. The average Bonchev–Trinajstić information content (AvgIpc) is 2.68. The van der Waals surface area contributed by atoms with Gasteiger partial charge in [-0.15, -0.1) is 0 Å². The summed E-state index contributed by atoms with van der Waals surface area (Å²) in [6.45, 7) is 1.41. The molecule has 3 N–H and O–H groups in total. The largest absolute Gasteiger partial charge is 0.478 e. The van der Waals surface area contributed by atoms with Crippen LogP contribution in [-0.4, -0.2) is 29.9 Å². The number of anilines is 1. The van der Waals surface area contributed by atoms with E-state index in [9.17, 15) is 18.8 Å². The fraction of sp³-hybridized carbons (Fsp3) is 0.211. The number of fused-ring (bicyclic) bond motifs is 1. The maximum Gasteiger partial charge on any atom is 0.279 e. The number of hydrogen-bond donors (Lipinski definition) is 3. The predicted molar refractivity (Wildman–Crippen MR) is 96.9 cm³/mol. The first-order chi connectivity index (χ1) is 13.4. The van der Waals surface area contributed by atoms with Gasteiger partial charge in [0.25, 0.3) is 11.8 Å². The third-order valence-corrected chi connectivity index (χ3v) is 3.91. The molecule has 3 amide bonds. The summed E-state index contributed by atoms with van der Waals surface area (Å²) in [6.07, 6.45) is -2.39. The summed E-state index contributed by atoms with van der Waals surface area (Å²) < 4.78 is 24.3. The number of ether oxygens (including phenoxy) is 2. The van der Waals surface area contributed by atoms with Gasteiger partial charge in [-0.05, 0) is 31.2 Å². The van der Waals surface area contributed by atoms with Crippen molar-refractivity contribution in [3.8, 4) is 11.5 Å². The number of carbonyl (C=O) groups is 3.